The SMILES string of the molecule is CC1CN(C(=O)CCCCSc2nnc(-c3ccccc3)n2-c2ccccc2)CCN1C(=O)c1ccc(C(C)(C)C)cc1. The van der Waals surface area contributed by atoms with Crippen LogP contribution in [-0.4, -0.2) is 67.8 Å². The van der Waals surface area contributed by atoms with Gasteiger partial charge in [-0.05, 0) is 55.0 Å². The van der Waals surface area contributed by atoms with Gasteiger partial charge in [-0.25, -0.2) is 0 Å². The van der Waals surface area contributed by atoms with Crippen molar-refractivity contribution < 1.29 is 9.59 Å². The van der Waals surface area contributed by atoms with E-state index in [0.717, 1.165) is 40.8 Å². The number of unbranched alkanes of at least 4 members (excludes halogenated alkanes) is 1. The van der Waals surface area contributed by atoms with E-state index in [2.05, 4.69) is 47.7 Å². The van der Waals surface area contributed by atoms with Gasteiger partial charge in [-0.1, -0.05) is 93.2 Å². The van der Waals surface area contributed by atoms with E-state index in [1.54, 1.807) is 11.8 Å². The predicted molar refractivity (Wildman–Crippen MR) is 174 cm³/mol. The largest absolute Gasteiger partial charge is 0.339 e. The molecule has 2 heterocycles. The fourth-order valence-electron chi connectivity index (χ4n) is 5.41. The second-order valence-electron chi connectivity index (χ2n) is 12.2. The lowest BCUT2D eigenvalue weighted by atomic mass is 9.86. The summed E-state index contributed by atoms with van der Waals surface area (Å²) in [6.07, 6.45) is 2.22. The lowest BCUT2D eigenvalue weighted by Crippen LogP contribution is -2.55. The first-order chi connectivity index (χ1) is 20.7. The van der Waals surface area contributed by atoms with Gasteiger partial charge < -0.3 is 9.80 Å². The Labute approximate surface area is 259 Å². The summed E-state index contributed by atoms with van der Waals surface area (Å²) in [5.41, 5.74) is 4.01. The van der Waals surface area contributed by atoms with Crippen LogP contribution >= 0.6 is 11.8 Å². The number of carbonyl (C=O) groups excluding carboxylic acids is 2. The van der Waals surface area contributed by atoms with Crippen LogP contribution in [0.25, 0.3) is 17.1 Å². The topological polar surface area (TPSA) is 71.3 Å². The molecule has 3 aromatic carbocycles. The summed E-state index contributed by atoms with van der Waals surface area (Å²) in [6, 6.07) is 28.2. The van der Waals surface area contributed by atoms with Gasteiger partial charge in [0.15, 0.2) is 11.0 Å². The number of hydrogen-bond donors (Lipinski definition) is 0. The zero-order chi connectivity index (χ0) is 30.4. The molecule has 1 atom stereocenters. The zero-order valence-corrected chi connectivity index (χ0v) is 26.4. The third-order valence-corrected chi connectivity index (χ3v) is 8.95. The van der Waals surface area contributed by atoms with Crippen LogP contribution in [0.15, 0.2) is 90.1 Å². The molecule has 1 aliphatic heterocycles. The minimum absolute atomic E-state index is 0.0220. The first kappa shape index (κ1) is 30.5. The van der Waals surface area contributed by atoms with E-state index < -0.39 is 0 Å². The summed E-state index contributed by atoms with van der Waals surface area (Å²) >= 11 is 1.67. The van der Waals surface area contributed by atoms with E-state index in [-0.39, 0.29) is 23.3 Å². The van der Waals surface area contributed by atoms with Crippen LogP contribution in [0.5, 0.6) is 0 Å². The van der Waals surface area contributed by atoms with Crippen LogP contribution in [0.1, 0.15) is 62.9 Å². The normalized spacial score (nSPS) is 15.5. The van der Waals surface area contributed by atoms with Gasteiger partial charge in [0.05, 0.1) is 0 Å². The summed E-state index contributed by atoms with van der Waals surface area (Å²) < 4.78 is 2.10. The number of amides is 2. The summed E-state index contributed by atoms with van der Waals surface area (Å²) in [7, 11) is 0. The molecule has 5 rings (SSSR count). The quantitative estimate of drug-likeness (QED) is 0.156. The van der Waals surface area contributed by atoms with Crippen LogP contribution in [0.2, 0.25) is 0 Å². The first-order valence-corrected chi connectivity index (χ1v) is 16.1. The van der Waals surface area contributed by atoms with Crippen molar-refractivity contribution in [1.29, 1.82) is 0 Å². The second-order valence-corrected chi connectivity index (χ2v) is 13.2. The number of para-hydroxylation sites is 1. The standard InChI is InChI=1S/C35H41N5O2S/c1-26-25-38(22-23-39(26)33(42)28-18-20-29(21-19-28)35(2,3)4)31(41)17-11-12-24-43-34-37-36-32(27-13-7-5-8-14-27)40(34)30-15-9-6-10-16-30/h5-10,13-16,18-21,26H,11-12,17,22-25H2,1-4H3. The highest BCUT2D eigenvalue weighted by molar-refractivity contribution is 7.99. The van der Waals surface area contributed by atoms with Crippen molar-refractivity contribution in [1.82, 2.24) is 24.6 Å². The predicted octanol–water partition coefficient (Wildman–Crippen LogP) is 6.87. The van der Waals surface area contributed by atoms with Gasteiger partial charge in [0, 0.05) is 54.7 Å². The molecule has 1 saturated heterocycles. The van der Waals surface area contributed by atoms with E-state index in [9.17, 15) is 9.59 Å². The van der Waals surface area contributed by atoms with Crippen molar-refractivity contribution in [2.24, 2.45) is 0 Å². The molecule has 224 valence electrons. The lowest BCUT2D eigenvalue weighted by molar-refractivity contribution is -0.133. The van der Waals surface area contributed by atoms with Crippen molar-refractivity contribution in [2.45, 2.75) is 63.6 Å². The molecule has 1 aliphatic rings. The smallest absolute Gasteiger partial charge is 0.254 e. The highest BCUT2D eigenvalue weighted by Crippen LogP contribution is 2.29. The summed E-state index contributed by atoms with van der Waals surface area (Å²) in [4.78, 5) is 30.1. The van der Waals surface area contributed by atoms with Crippen LogP contribution in [-0.2, 0) is 10.2 Å². The van der Waals surface area contributed by atoms with Gasteiger partial charge in [0.1, 0.15) is 0 Å². The monoisotopic (exact) mass is 595 g/mol. The zero-order valence-electron chi connectivity index (χ0n) is 25.6. The number of hydrogen-bond acceptors (Lipinski definition) is 5. The number of thioether (sulfide) groups is 1. The molecule has 43 heavy (non-hydrogen) atoms. The molecule has 2 amide bonds. The Balaban J connectivity index is 1.10. The fourth-order valence-corrected chi connectivity index (χ4v) is 6.36. The molecule has 0 spiro atoms. The molecule has 7 nitrogen and oxygen atoms in total. The minimum atomic E-state index is -0.0220. The Morgan fingerprint density at radius 3 is 2.19 bits per heavy atom. The number of piperazine rings is 1. The first-order valence-electron chi connectivity index (χ1n) is 15.1. The van der Waals surface area contributed by atoms with Gasteiger partial charge >= 0.3 is 0 Å². The summed E-state index contributed by atoms with van der Waals surface area (Å²) in [5.74, 6) is 1.87. The fraction of sp³-hybridized carbons (Fsp3) is 0.371. The Morgan fingerprint density at radius 1 is 0.860 bits per heavy atom. The Hall–Kier alpha value is -3.91. The van der Waals surface area contributed by atoms with Gasteiger partial charge in [0.2, 0.25) is 5.91 Å². The average molecular weight is 596 g/mol. The van der Waals surface area contributed by atoms with Gasteiger partial charge in [-0.2, -0.15) is 0 Å². The van der Waals surface area contributed by atoms with E-state index in [1.165, 1.54) is 5.56 Å². The number of carbonyl (C=O) groups is 2. The van der Waals surface area contributed by atoms with E-state index >= 15 is 0 Å². The molecule has 0 saturated carbocycles. The van der Waals surface area contributed by atoms with Crippen molar-refractivity contribution in [2.75, 3.05) is 25.4 Å². The van der Waals surface area contributed by atoms with E-state index in [4.69, 9.17) is 0 Å². The molecular weight excluding hydrogens is 554 g/mol. The number of aromatic nitrogens is 3. The molecule has 0 radical (unpaired) electrons. The Morgan fingerprint density at radius 2 is 1.53 bits per heavy atom. The highest BCUT2D eigenvalue weighted by atomic mass is 32.2. The molecule has 1 unspecified atom stereocenters. The maximum Gasteiger partial charge on any atom is 0.254 e. The van der Waals surface area contributed by atoms with Crippen molar-refractivity contribution in [3.63, 3.8) is 0 Å². The van der Waals surface area contributed by atoms with Crippen molar-refractivity contribution in [3.8, 4) is 17.1 Å². The van der Waals surface area contributed by atoms with Crippen LogP contribution in [0, 0.1) is 0 Å². The average Bonchev–Trinajstić information content (AvgIpc) is 3.45. The Kier molecular flexibility index (Phi) is 9.65. The molecular formula is C35H41N5O2S. The maximum atomic E-state index is 13.2. The molecule has 4 aromatic rings. The van der Waals surface area contributed by atoms with E-state index in [0.29, 0.717) is 31.6 Å². The van der Waals surface area contributed by atoms with Gasteiger partial charge in [-0.3, -0.25) is 14.2 Å². The summed E-state index contributed by atoms with van der Waals surface area (Å²) in [5, 5.41) is 9.87. The molecule has 1 fully saturated rings. The lowest BCUT2D eigenvalue weighted by Gasteiger charge is -2.40. The third-order valence-electron chi connectivity index (χ3n) is 7.93. The third kappa shape index (κ3) is 7.36. The van der Waals surface area contributed by atoms with Crippen molar-refractivity contribution >= 4 is 23.6 Å². The molecule has 0 N–H and O–H groups in total. The van der Waals surface area contributed by atoms with Gasteiger partial charge in [0.25, 0.3) is 5.91 Å². The van der Waals surface area contributed by atoms with Gasteiger partial charge in [-0.15, -0.1) is 10.2 Å². The van der Waals surface area contributed by atoms with Crippen LogP contribution in [0.4, 0.5) is 0 Å². The maximum absolute atomic E-state index is 13.2. The van der Waals surface area contributed by atoms with Crippen molar-refractivity contribution in [3.05, 3.63) is 96.1 Å². The van der Waals surface area contributed by atoms with Crippen LogP contribution in [0.3, 0.4) is 0 Å². The molecule has 0 aliphatic carbocycles. The minimum Gasteiger partial charge on any atom is -0.339 e. The van der Waals surface area contributed by atoms with Crippen LogP contribution < -0.4 is 0 Å². The second kappa shape index (κ2) is 13.6. The molecule has 1 aromatic heterocycles. The molecule has 0 bridgehead atoms. The molecule has 8 heteroatoms. The Bertz CT molecular complexity index is 1510. The number of benzene rings is 3. The van der Waals surface area contributed by atoms with E-state index in [1.807, 2.05) is 89.5 Å². The number of rotatable bonds is 9. The summed E-state index contributed by atoms with van der Waals surface area (Å²) in [6.45, 7) is 10.2. The number of nitrogens with zero attached hydrogens (tertiary/aromatic N) is 5. The highest BCUT2D eigenvalue weighted by Gasteiger charge is 2.30.